The summed E-state index contributed by atoms with van der Waals surface area (Å²) in [4.78, 5) is 11.7. The number of esters is 1. The SMILES string of the molecule is CCCOC(=O)C(C)Oc1ccc(Oc2ccc(Br)cc2Cl)cc1. The van der Waals surface area contributed by atoms with E-state index in [0.29, 0.717) is 28.9 Å². The van der Waals surface area contributed by atoms with E-state index in [1.165, 1.54) is 0 Å². The number of hydrogen-bond donors (Lipinski definition) is 0. The van der Waals surface area contributed by atoms with Crippen LogP contribution in [0.15, 0.2) is 46.9 Å². The van der Waals surface area contributed by atoms with Gasteiger partial charge in [0.05, 0.1) is 11.6 Å². The molecule has 0 aliphatic rings. The first kappa shape index (κ1) is 18.6. The quantitative estimate of drug-likeness (QED) is 0.553. The molecule has 24 heavy (non-hydrogen) atoms. The van der Waals surface area contributed by atoms with E-state index in [1.54, 1.807) is 43.3 Å². The molecule has 0 N–H and O–H groups in total. The number of ether oxygens (including phenoxy) is 3. The van der Waals surface area contributed by atoms with Crippen LogP contribution in [0.1, 0.15) is 20.3 Å². The van der Waals surface area contributed by atoms with Crippen LogP contribution in [0.3, 0.4) is 0 Å². The monoisotopic (exact) mass is 412 g/mol. The number of halogens is 2. The van der Waals surface area contributed by atoms with Gasteiger partial charge in [-0.15, -0.1) is 0 Å². The largest absolute Gasteiger partial charge is 0.479 e. The first-order valence-corrected chi connectivity index (χ1v) is 8.73. The average molecular weight is 414 g/mol. The van der Waals surface area contributed by atoms with Gasteiger partial charge in [-0.3, -0.25) is 0 Å². The summed E-state index contributed by atoms with van der Waals surface area (Å²) in [5.74, 6) is 1.36. The molecule has 2 aromatic rings. The maximum absolute atomic E-state index is 11.7. The number of benzene rings is 2. The maximum atomic E-state index is 11.7. The van der Waals surface area contributed by atoms with E-state index in [2.05, 4.69) is 15.9 Å². The molecule has 0 saturated carbocycles. The fourth-order valence-electron chi connectivity index (χ4n) is 1.84. The highest BCUT2D eigenvalue weighted by Gasteiger charge is 2.16. The van der Waals surface area contributed by atoms with Gasteiger partial charge in [-0.2, -0.15) is 0 Å². The summed E-state index contributed by atoms with van der Waals surface area (Å²) in [6.45, 7) is 3.99. The number of hydrogen-bond acceptors (Lipinski definition) is 4. The lowest BCUT2D eigenvalue weighted by Gasteiger charge is -2.14. The van der Waals surface area contributed by atoms with E-state index in [9.17, 15) is 4.79 Å². The average Bonchev–Trinajstić information content (AvgIpc) is 2.56. The van der Waals surface area contributed by atoms with Gasteiger partial charge in [-0.1, -0.05) is 34.5 Å². The number of carbonyl (C=O) groups is 1. The smallest absolute Gasteiger partial charge is 0.347 e. The van der Waals surface area contributed by atoms with Gasteiger partial charge in [0, 0.05) is 4.47 Å². The van der Waals surface area contributed by atoms with E-state index >= 15 is 0 Å². The summed E-state index contributed by atoms with van der Waals surface area (Å²) >= 11 is 9.47. The molecule has 0 amide bonds. The van der Waals surface area contributed by atoms with Crippen LogP contribution in [0, 0.1) is 0 Å². The standard InChI is InChI=1S/C18H18BrClO4/c1-3-10-22-18(21)12(2)23-14-5-7-15(8-6-14)24-17-9-4-13(19)11-16(17)20/h4-9,11-12H,3,10H2,1-2H3. The summed E-state index contributed by atoms with van der Waals surface area (Å²) in [6.07, 6.45) is 0.118. The zero-order valence-electron chi connectivity index (χ0n) is 13.4. The fourth-order valence-corrected chi connectivity index (χ4v) is 2.56. The molecule has 0 heterocycles. The Morgan fingerprint density at radius 2 is 1.83 bits per heavy atom. The molecule has 0 aliphatic carbocycles. The third-order valence-electron chi connectivity index (χ3n) is 3.04. The second-order valence-corrected chi connectivity index (χ2v) is 6.40. The van der Waals surface area contributed by atoms with E-state index in [0.717, 1.165) is 10.9 Å². The summed E-state index contributed by atoms with van der Waals surface area (Å²) in [5, 5.41) is 0.511. The summed E-state index contributed by atoms with van der Waals surface area (Å²) in [6, 6.07) is 12.3. The highest BCUT2D eigenvalue weighted by Crippen LogP contribution is 2.32. The molecule has 0 aromatic heterocycles. The Morgan fingerprint density at radius 3 is 2.46 bits per heavy atom. The summed E-state index contributed by atoms with van der Waals surface area (Å²) in [7, 11) is 0. The second kappa shape index (κ2) is 8.94. The van der Waals surface area contributed by atoms with Crippen LogP contribution >= 0.6 is 27.5 Å². The van der Waals surface area contributed by atoms with Crippen molar-refractivity contribution in [1.82, 2.24) is 0 Å². The van der Waals surface area contributed by atoms with Crippen LogP contribution in [0.25, 0.3) is 0 Å². The van der Waals surface area contributed by atoms with Crippen molar-refractivity contribution in [3.63, 3.8) is 0 Å². The molecule has 2 aromatic carbocycles. The molecule has 0 aliphatic heterocycles. The van der Waals surface area contributed by atoms with Crippen molar-refractivity contribution in [1.29, 1.82) is 0 Å². The first-order valence-electron chi connectivity index (χ1n) is 7.56. The maximum Gasteiger partial charge on any atom is 0.347 e. The van der Waals surface area contributed by atoms with Crippen molar-refractivity contribution in [2.24, 2.45) is 0 Å². The van der Waals surface area contributed by atoms with Crippen molar-refractivity contribution >= 4 is 33.5 Å². The van der Waals surface area contributed by atoms with Crippen LogP contribution in [0.2, 0.25) is 5.02 Å². The molecular weight excluding hydrogens is 396 g/mol. The van der Waals surface area contributed by atoms with Crippen LogP contribution < -0.4 is 9.47 Å². The summed E-state index contributed by atoms with van der Waals surface area (Å²) in [5.41, 5.74) is 0. The van der Waals surface area contributed by atoms with Crippen molar-refractivity contribution < 1.29 is 19.0 Å². The third-order valence-corrected chi connectivity index (χ3v) is 3.83. The molecule has 128 valence electrons. The highest BCUT2D eigenvalue weighted by molar-refractivity contribution is 9.10. The van der Waals surface area contributed by atoms with Crippen molar-refractivity contribution in [3.8, 4) is 17.2 Å². The van der Waals surface area contributed by atoms with Gasteiger partial charge in [0.1, 0.15) is 17.2 Å². The minimum Gasteiger partial charge on any atom is -0.479 e. The van der Waals surface area contributed by atoms with Crippen LogP contribution in [-0.4, -0.2) is 18.7 Å². The molecular formula is C18H18BrClO4. The Morgan fingerprint density at radius 1 is 1.17 bits per heavy atom. The molecule has 0 radical (unpaired) electrons. The molecule has 0 bridgehead atoms. The van der Waals surface area contributed by atoms with Crippen molar-refractivity contribution in [2.45, 2.75) is 26.4 Å². The lowest BCUT2D eigenvalue weighted by molar-refractivity contribution is -0.151. The zero-order chi connectivity index (χ0) is 17.5. The Hall–Kier alpha value is -1.72. The van der Waals surface area contributed by atoms with Gasteiger partial charge < -0.3 is 14.2 Å². The first-order chi connectivity index (χ1) is 11.5. The van der Waals surface area contributed by atoms with Crippen molar-refractivity contribution in [3.05, 3.63) is 52.0 Å². The second-order valence-electron chi connectivity index (χ2n) is 5.08. The zero-order valence-corrected chi connectivity index (χ0v) is 15.8. The van der Waals surface area contributed by atoms with Gasteiger partial charge in [-0.05, 0) is 55.8 Å². The Bertz CT molecular complexity index is 688. The number of rotatable bonds is 7. The van der Waals surface area contributed by atoms with Crippen LogP contribution in [-0.2, 0) is 9.53 Å². The van der Waals surface area contributed by atoms with E-state index < -0.39 is 6.10 Å². The molecule has 1 unspecified atom stereocenters. The molecule has 4 nitrogen and oxygen atoms in total. The van der Waals surface area contributed by atoms with Gasteiger partial charge in [-0.25, -0.2) is 4.79 Å². The normalized spacial score (nSPS) is 11.7. The molecule has 0 spiro atoms. The third kappa shape index (κ3) is 5.42. The topological polar surface area (TPSA) is 44.8 Å². The minimum atomic E-state index is -0.663. The lowest BCUT2D eigenvalue weighted by atomic mass is 10.3. The van der Waals surface area contributed by atoms with E-state index in [4.69, 9.17) is 25.8 Å². The molecule has 0 fully saturated rings. The molecule has 6 heteroatoms. The molecule has 1 atom stereocenters. The Balaban J connectivity index is 1.96. The fraction of sp³-hybridized carbons (Fsp3) is 0.278. The van der Waals surface area contributed by atoms with E-state index in [1.807, 2.05) is 13.0 Å². The van der Waals surface area contributed by atoms with Gasteiger partial charge >= 0.3 is 5.97 Å². The predicted molar refractivity (Wildman–Crippen MR) is 97.0 cm³/mol. The van der Waals surface area contributed by atoms with E-state index in [-0.39, 0.29) is 5.97 Å². The molecule has 0 saturated heterocycles. The van der Waals surface area contributed by atoms with Crippen LogP contribution in [0.4, 0.5) is 0 Å². The predicted octanol–water partition coefficient (Wildman–Crippen LogP) is 5.62. The minimum absolute atomic E-state index is 0.376. The van der Waals surface area contributed by atoms with Gasteiger partial charge in [0.15, 0.2) is 6.10 Å². The Labute approximate surface area is 154 Å². The summed E-state index contributed by atoms with van der Waals surface area (Å²) < 4.78 is 17.2. The number of carbonyl (C=O) groups excluding carboxylic acids is 1. The van der Waals surface area contributed by atoms with Gasteiger partial charge in [0.25, 0.3) is 0 Å². The highest BCUT2D eigenvalue weighted by atomic mass is 79.9. The van der Waals surface area contributed by atoms with Crippen molar-refractivity contribution in [2.75, 3.05) is 6.61 Å². The molecule has 2 rings (SSSR count). The Kier molecular flexibility index (Phi) is 6.94. The van der Waals surface area contributed by atoms with Crippen LogP contribution in [0.5, 0.6) is 17.2 Å². The lowest BCUT2D eigenvalue weighted by Crippen LogP contribution is -2.26. The van der Waals surface area contributed by atoms with Gasteiger partial charge in [0.2, 0.25) is 0 Å².